The van der Waals surface area contributed by atoms with E-state index in [1.54, 1.807) is 12.2 Å². The standard InChI is InChI=1S/C38H73N2O6P/c1-6-8-10-12-14-16-18-19-20-22-24-26-28-30-32-38(42)39-36(35-46-47(43,44)45-34-33-40(3,4)5)37(41)31-29-27-25-23-21-17-15-13-11-9-7-2/h18-19,25,27,29,31,36-37,41H,6-17,20-24,26,28,30,32-35H2,1-5H3,(H-,39,42,43,44)/b19-18+,27-25+,31-29+/t36-,37+/m0/s1. The molecule has 9 heteroatoms. The van der Waals surface area contributed by atoms with E-state index in [9.17, 15) is 19.4 Å². The highest BCUT2D eigenvalue weighted by molar-refractivity contribution is 7.45. The van der Waals surface area contributed by atoms with E-state index in [-0.39, 0.29) is 12.5 Å². The summed E-state index contributed by atoms with van der Waals surface area (Å²) in [6.07, 6.45) is 34.8. The van der Waals surface area contributed by atoms with Gasteiger partial charge in [0.2, 0.25) is 5.91 Å². The van der Waals surface area contributed by atoms with Crippen LogP contribution in [0.2, 0.25) is 0 Å². The number of aliphatic hydroxyl groups excluding tert-OH is 1. The van der Waals surface area contributed by atoms with Crippen LogP contribution in [0.1, 0.15) is 149 Å². The number of carbonyl (C=O) groups excluding carboxylic acids is 1. The van der Waals surface area contributed by atoms with Gasteiger partial charge in [-0.1, -0.05) is 134 Å². The van der Waals surface area contributed by atoms with Gasteiger partial charge in [-0.15, -0.1) is 0 Å². The molecule has 0 radical (unpaired) electrons. The van der Waals surface area contributed by atoms with Crippen molar-refractivity contribution in [3.63, 3.8) is 0 Å². The summed E-state index contributed by atoms with van der Waals surface area (Å²) in [7, 11) is 1.22. The Hall–Kier alpha value is -1.28. The number of hydrogen-bond donors (Lipinski definition) is 2. The van der Waals surface area contributed by atoms with E-state index in [1.165, 1.54) is 77.0 Å². The molecular formula is C38H73N2O6P. The molecule has 276 valence electrons. The van der Waals surface area contributed by atoms with Gasteiger partial charge in [-0.25, -0.2) is 0 Å². The number of amides is 1. The van der Waals surface area contributed by atoms with Gasteiger partial charge in [0.1, 0.15) is 13.2 Å². The fourth-order valence-electron chi connectivity index (χ4n) is 5.03. The largest absolute Gasteiger partial charge is 0.756 e. The zero-order valence-electron chi connectivity index (χ0n) is 31.0. The average Bonchev–Trinajstić information content (AvgIpc) is 3.01. The Kier molecular flexibility index (Phi) is 29.9. The second kappa shape index (κ2) is 30.8. The number of quaternary nitrogens is 1. The third-order valence-corrected chi connectivity index (χ3v) is 9.09. The van der Waals surface area contributed by atoms with Crippen LogP contribution in [0.4, 0.5) is 0 Å². The predicted octanol–water partition coefficient (Wildman–Crippen LogP) is 8.94. The lowest BCUT2D eigenvalue weighted by atomic mass is 10.1. The molecule has 0 aliphatic carbocycles. The van der Waals surface area contributed by atoms with Crippen LogP contribution in [0.15, 0.2) is 36.5 Å². The number of phosphoric acid groups is 1. The first-order valence-corrected chi connectivity index (χ1v) is 20.3. The molecule has 1 amide bonds. The highest BCUT2D eigenvalue weighted by atomic mass is 31.2. The summed E-state index contributed by atoms with van der Waals surface area (Å²) in [6, 6.07) is -0.919. The van der Waals surface area contributed by atoms with Crippen LogP contribution < -0.4 is 10.2 Å². The van der Waals surface area contributed by atoms with E-state index in [2.05, 4.69) is 37.4 Å². The summed E-state index contributed by atoms with van der Waals surface area (Å²) in [5.74, 6) is -0.228. The third-order valence-electron chi connectivity index (χ3n) is 8.13. The van der Waals surface area contributed by atoms with Crippen molar-refractivity contribution in [2.75, 3.05) is 40.9 Å². The van der Waals surface area contributed by atoms with Crippen molar-refractivity contribution in [2.45, 2.75) is 161 Å². The van der Waals surface area contributed by atoms with Gasteiger partial charge in [0.25, 0.3) is 7.82 Å². The number of hydrogen-bond acceptors (Lipinski definition) is 6. The van der Waals surface area contributed by atoms with Gasteiger partial charge in [0, 0.05) is 6.42 Å². The molecule has 0 aromatic heterocycles. The summed E-state index contributed by atoms with van der Waals surface area (Å²) in [4.78, 5) is 25.1. The van der Waals surface area contributed by atoms with Crippen LogP contribution in [0, 0.1) is 0 Å². The minimum atomic E-state index is -4.59. The monoisotopic (exact) mass is 685 g/mol. The first-order chi connectivity index (χ1) is 22.5. The summed E-state index contributed by atoms with van der Waals surface area (Å²) in [5.41, 5.74) is 0. The van der Waals surface area contributed by atoms with Gasteiger partial charge in [-0.05, 0) is 44.9 Å². The van der Waals surface area contributed by atoms with Crippen LogP contribution in [-0.4, -0.2) is 68.5 Å². The van der Waals surface area contributed by atoms with Crippen LogP contribution in [0.3, 0.4) is 0 Å². The molecule has 3 atom stereocenters. The number of unbranched alkanes of at least 4 members (excludes halogenated alkanes) is 17. The smallest absolute Gasteiger partial charge is 0.268 e. The highest BCUT2D eigenvalue weighted by Crippen LogP contribution is 2.38. The minimum absolute atomic E-state index is 0.0112. The molecule has 0 saturated heterocycles. The number of allylic oxidation sites excluding steroid dienone is 5. The van der Waals surface area contributed by atoms with Crippen molar-refractivity contribution < 1.29 is 32.9 Å². The van der Waals surface area contributed by atoms with Gasteiger partial charge in [0.05, 0.1) is 39.9 Å². The van der Waals surface area contributed by atoms with E-state index >= 15 is 0 Å². The summed E-state index contributed by atoms with van der Waals surface area (Å²) in [5, 5.41) is 13.6. The molecule has 1 unspecified atom stereocenters. The van der Waals surface area contributed by atoms with Crippen molar-refractivity contribution in [2.24, 2.45) is 0 Å². The Morgan fingerprint density at radius 1 is 0.745 bits per heavy atom. The number of nitrogens with one attached hydrogen (secondary N) is 1. The number of nitrogens with zero attached hydrogens (tertiary/aromatic N) is 1. The van der Waals surface area contributed by atoms with Crippen LogP contribution in [-0.2, 0) is 18.4 Å². The van der Waals surface area contributed by atoms with Crippen molar-refractivity contribution in [3.8, 4) is 0 Å². The molecule has 0 rings (SSSR count). The molecular weight excluding hydrogens is 611 g/mol. The fraction of sp³-hybridized carbons (Fsp3) is 0.816. The zero-order valence-corrected chi connectivity index (χ0v) is 31.9. The molecule has 8 nitrogen and oxygen atoms in total. The lowest BCUT2D eigenvalue weighted by Gasteiger charge is -2.29. The molecule has 2 N–H and O–H groups in total. The Morgan fingerprint density at radius 3 is 1.77 bits per heavy atom. The second-order valence-corrected chi connectivity index (χ2v) is 15.4. The topological polar surface area (TPSA) is 108 Å². The Bertz CT molecular complexity index is 871. The summed E-state index contributed by atoms with van der Waals surface area (Å²) < 4.78 is 23.0. The molecule has 0 aromatic carbocycles. The Balaban J connectivity index is 4.61. The average molecular weight is 685 g/mol. The van der Waals surface area contributed by atoms with Crippen molar-refractivity contribution in [1.29, 1.82) is 0 Å². The predicted molar refractivity (Wildman–Crippen MR) is 196 cm³/mol. The number of likely N-dealkylation sites (N-methyl/N-ethyl adjacent to an activating group) is 1. The molecule has 0 spiro atoms. The quantitative estimate of drug-likeness (QED) is 0.0235. The third kappa shape index (κ3) is 33.0. The summed E-state index contributed by atoms with van der Waals surface area (Å²) >= 11 is 0. The maximum atomic E-state index is 12.7. The lowest BCUT2D eigenvalue weighted by molar-refractivity contribution is -0.870. The molecule has 0 aliphatic rings. The number of rotatable bonds is 33. The molecule has 0 heterocycles. The van der Waals surface area contributed by atoms with E-state index < -0.39 is 26.6 Å². The molecule has 0 saturated carbocycles. The van der Waals surface area contributed by atoms with E-state index in [0.29, 0.717) is 17.4 Å². The molecule has 0 aromatic rings. The summed E-state index contributed by atoms with van der Waals surface area (Å²) in [6.45, 7) is 4.54. The fourth-order valence-corrected chi connectivity index (χ4v) is 5.75. The van der Waals surface area contributed by atoms with Gasteiger partial charge in [-0.2, -0.15) is 0 Å². The Morgan fingerprint density at radius 2 is 1.23 bits per heavy atom. The van der Waals surface area contributed by atoms with Gasteiger partial charge < -0.3 is 28.8 Å². The first kappa shape index (κ1) is 45.7. The van der Waals surface area contributed by atoms with E-state index in [4.69, 9.17) is 9.05 Å². The van der Waals surface area contributed by atoms with Crippen LogP contribution >= 0.6 is 7.82 Å². The zero-order chi connectivity index (χ0) is 35.1. The SMILES string of the molecule is CCCCCCC/C=C/CCCCCCCC(=O)N[C@@H](COP(=O)([O-])OCC[N+](C)(C)C)[C@H](O)/C=C/C=C/CCCCCCCCC. The van der Waals surface area contributed by atoms with Gasteiger partial charge in [-0.3, -0.25) is 9.36 Å². The number of carbonyl (C=O) groups is 1. The maximum Gasteiger partial charge on any atom is 0.268 e. The normalized spacial score (nSPS) is 15.1. The lowest BCUT2D eigenvalue weighted by Crippen LogP contribution is -2.45. The Labute approximate surface area is 289 Å². The van der Waals surface area contributed by atoms with Gasteiger partial charge >= 0.3 is 0 Å². The molecule has 0 fully saturated rings. The number of phosphoric ester groups is 1. The van der Waals surface area contributed by atoms with Crippen molar-refractivity contribution in [1.82, 2.24) is 5.32 Å². The molecule has 47 heavy (non-hydrogen) atoms. The molecule has 0 aliphatic heterocycles. The maximum absolute atomic E-state index is 12.7. The van der Waals surface area contributed by atoms with E-state index in [1.807, 2.05) is 27.2 Å². The first-order valence-electron chi connectivity index (χ1n) is 18.9. The van der Waals surface area contributed by atoms with Crippen molar-refractivity contribution in [3.05, 3.63) is 36.5 Å². The minimum Gasteiger partial charge on any atom is -0.756 e. The number of aliphatic hydroxyl groups is 1. The van der Waals surface area contributed by atoms with Crippen LogP contribution in [0.25, 0.3) is 0 Å². The van der Waals surface area contributed by atoms with Gasteiger partial charge in [0.15, 0.2) is 0 Å². The van der Waals surface area contributed by atoms with E-state index in [0.717, 1.165) is 51.4 Å². The highest BCUT2D eigenvalue weighted by Gasteiger charge is 2.23. The van der Waals surface area contributed by atoms with Crippen LogP contribution in [0.5, 0.6) is 0 Å². The van der Waals surface area contributed by atoms with Crippen molar-refractivity contribution >= 4 is 13.7 Å². The molecule has 0 bridgehead atoms. The second-order valence-electron chi connectivity index (χ2n) is 14.0.